The van der Waals surface area contributed by atoms with E-state index in [0.717, 1.165) is 5.92 Å². The van der Waals surface area contributed by atoms with Gasteiger partial charge in [-0.15, -0.1) is 0 Å². The molecule has 0 bridgehead atoms. The Bertz CT molecular complexity index is 125. The van der Waals surface area contributed by atoms with E-state index in [2.05, 4.69) is 20.8 Å². The number of hydrogen-bond donors (Lipinski definition) is 0. The normalized spacial score (nSPS) is 14.0. The van der Waals surface area contributed by atoms with Crippen molar-refractivity contribution in [2.75, 3.05) is 0 Å². The Morgan fingerprint density at radius 3 is 0.759 bits per heavy atom. The van der Waals surface area contributed by atoms with Crippen LogP contribution in [0.5, 0.6) is 0 Å². The summed E-state index contributed by atoms with van der Waals surface area (Å²) in [6.45, 7) is 26.8. The van der Waals surface area contributed by atoms with Crippen molar-refractivity contribution in [2.24, 2.45) is 5.92 Å². The largest absolute Gasteiger partial charge is 0.0683 e. The number of unbranched alkanes of at least 4 members (excludes halogenated alkanes) is 3. The Kier molecular flexibility index (Phi) is 93.4. The minimum atomic E-state index is 1.04. The molecule has 2 aliphatic carbocycles. The summed E-state index contributed by atoms with van der Waals surface area (Å²) in [5.41, 5.74) is 0. The van der Waals surface area contributed by atoms with Crippen LogP contribution in [0.15, 0.2) is 0 Å². The maximum absolute atomic E-state index is 2.36. The smallest absolute Gasteiger partial charge is 0.0443 e. The van der Waals surface area contributed by atoms with E-state index in [1.54, 1.807) is 0 Å². The van der Waals surface area contributed by atoms with Crippen LogP contribution < -0.4 is 0 Å². The Morgan fingerprint density at radius 1 is 0.414 bits per heavy atom. The minimum Gasteiger partial charge on any atom is -0.0683 e. The zero-order valence-corrected chi connectivity index (χ0v) is 24.2. The third-order valence-electron chi connectivity index (χ3n) is 4.35. The molecule has 0 aromatic carbocycles. The first-order chi connectivity index (χ1) is 14.3. The molecule has 2 saturated carbocycles. The summed E-state index contributed by atoms with van der Waals surface area (Å²) >= 11 is 0. The molecule has 0 amide bonds. The van der Waals surface area contributed by atoms with Gasteiger partial charge in [0.25, 0.3) is 0 Å². The molecule has 0 heteroatoms. The van der Waals surface area contributed by atoms with E-state index in [4.69, 9.17) is 0 Å². The van der Waals surface area contributed by atoms with E-state index < -0.39 is 0 Å². The second-order valence-electron chi connectivity index (χ2n) is 6.57. The Morgan fingerprint density at radius 2 is 0.621 bits per heavy atom. The van der Waals surface area contributed by atoms with Crippen LogP contribution in [0.25, 0.3) is 0 Å². The van der Waals surface area contributed by atoms with Crippen LogP contribution in [0.3, 0.4) is 0 Å². The van der Waals surface area contributed by atoms with Crippen molar-refractivity contribution < 1.29 is 0 Å². The van der Waals surface area contributed by atoms with Crippen LogP contribution in [0.2, 0.25) is 0 Å². The van der Waals surface area contributed by atoms with Crippen LogP contribution in [-0.4, -0.2) is 0 Å². The van der Waals surface area contributed by atoms with E-state index in [1.165, 1.54) is 96.3 Å². The standard InChI is InChI=1S/C7H14.C6H12.C6H14.5C2H6/c1-7-5-3-2-4-6-7;1-2-4-6-5-3-1;1-3-5-6-4-2;5*1-2/h7H,2-6H2,1H3;1-6H2;3-6H2,1-2H3;5*1-2H3. The summed E-state index contributed by atoms with van der Waals surface area (Å²) in [4.78, 5) is 0. The van der Waals surface area contributed by atoms with E-state index in [9.17, 15) is 0 Å². The molecule has 2 fully saturated rings. The lowest BCUT2D eigenvalue weighted by Crippen LogP contribution is -1.99. The highest BCUT2D eigenvalue weighted by Gasteiger charge is 2.05. The van der Waals surface area contributed by atoms with Crippen molar-refractivity contribution in [2.45, 2.75) is 186 Å². The van der Waals surface area contributed by atoms with Gasteiger partial charge in [-0.1, -0.05) is 186 Å². The van der Waals surface area contributed by atoms with Crippen molar-refractivity contribution >= 4 is 0 Å². The Hall–Kier alpha value is 0. The third-order valence-corrected chi connectivity index (χ3v) is 4.35. The summed E-state index contributed by atoms with van der Waals surface area (Å²) < 4.78 is 0. The molecular weight excluding hydrogens is 348 g/mol. The molecule has 29 heavy (non-hydrogen) atoms. The van der Waals surface area contributed by atoms with Gasteiger partial charge in [0.1, 0.15) is 0 Å². The molecular formula is C29H70. The van der Waals surface area contributed by atoms with Crippen LogP contribution in [-0.2, 0) is 0 Å². The second-order valence-corrected chi connectivity index (χ2v) is 6.57. The zero-order chi connectivity index (χ0) is 24.2. The fourth-order valence-corrected chi connectivity index (χ4v) is 2.87. The monoisotopic (exact) mass is 419 g/mol. The van der Waals surface area contributed by atoms with Gasteiger partial charge in [0.05, 0.1) is 0 Å². The topological polar surface area (TPSA) is 0 Å². The molecule has 2 aliphatic rings. The number of hydrogen-bond acceptors (Lipinski definition) is 0. The van der Waals surface area contributed by atoms with Gasteiger partial charge in [0.2, 0.25) is 0 Å². The molecule has 0 nitrogen and oxygen atoms in total. The fraction of sp³-hybridized carbons (Fsp3) is 1.00. The van der Waals surface area contributed by atoms with Gasteiger partial charge in [-0.25, -0.2) is 0 Å². The van der Waals surface area contributed by atoms with Crippen molar-refractivity contribution in [3.63, 3.8) is 0 Å². The highest BCUT2D eigenvalue weighted by Crippen LogP contribution is 2.22. The summed E-state index contributed by atoms with van der Waals surface area (Å²) in [7, 11) is 0. The highest BCUT2D eigenvalue weighted by molar-refractivity contribution is 4.59. The van der Waals surface area contributed by atoms with E-state index in [1.807, 2.05) is 69.2 Å². The maximum Gasteiger partial charge on any atom is -0.0443 e. The minimum absolute atomic E-state index is 1.04. The van der Waals surface area contributed by atoms with Gasteiger partial charge in [-0.05, 0) is 5.92 Å². The summed E-state index contributed by atoms with van der Waals surface area (Å²) in [5.74, 6) is 1.04. The molecule has 2 rings (SSSR count). The maximum atomic E-state index is 2.36. The van der Waals surface area contributed by atoms with Crippen molar-refractivity contribution in [1.29, 1.82) is 0 Å². The fourth-order valence-electron chi connectivity index (χ4n) is 2.87. The first-order valence-electron chi connectivity index (χ1n) is 14.3. The van der Waals surface area contributed by atoms with E-state index in [0.29, 0.717) is 0 Å². The molecule has 0 heterocycles. The molecule has 0 spiro atoms. The SMILES string of the molecule is C1CCCCC1.CC.CC.CC.CC.CC.CC1CCCCC1.CCCCCC. The first-order valence-corrected chi connectivity index (χ1v) is 14.3. The van der Waals surface area contributed by atoms with Crippen LogP contribution in [0.1, 0.15) is 186 Å². The average molecular weight is 419 g/mol. The molecule has 0 aliphatic heterocycles. The third kappa shape index (κ3) is 65.5. The Balaban J connectivity index is -0.0000000564. The second kappa shape index (κ2) is 63.0. The van der Waals surface area contributed by atoms with E-state index in [-0.39, 0.29) is 0 Å². The molecule has 186 valence electrons. The average Bonchev–Trinajstić information content (AvgIpc) is 2.86. The van der Waals surface area contributed by atoms with Gasteiger partial charge in [0, 0.05) is 0 Å². The molecule has 0 radical (unpaired) electrons. The Labute approximate surface area is 192 Å². The van der Waals surface area contributed by atoms with Crippen molar-refractivity contribution in [3.05, 3.63) is 0 Å². The summed E-state index contributed by atoms with van der Waals surface area (Å²) in [5, 5.41) is 0. The highest BCUT2D eigenvalue weighted by atomic mass is 14.1. The summed E-state index contributed by atoms with van der Waals surface area (Å²) in [6, 6.07) is 0. The van der Waals surface area contributed by atoms with Crippen LogP contribution in [0.4, 0.5) is 0 Å². The van der Waals surface area contributed by atoms with Gasteiger partial charge in [0.15, 0.2) is 0 Å². The predicted octanol–water partition coefficient (Wildman–Crippen LogP) is 12.6. The molecule has 0 aromatic heterocycles. The lowest BCUT2D eigenvalue weighted by atomic mass is 9.91. The molecule has 0 N–H and O–H groups in total. The molecule has 0 saturated heterocycles. The zero-order valence-electron chi connectivity index (χ0n) is 24.2. The lowest BCUT2D eigenvalue weighted by Gasteiger charge is -2.15. The van der Waals surface area contributed by atoms with Gasteiger partial charge in [-0.2, -0.15) is 0 Å². The van der Waals surface area contributed by atoms with E-state index >= 15 is 0 Å². The summed E-state index contributed by atoms with van der Waals surface area (Å²) in [6.07, 6.45) is 22.0. The molecule has 0 unspecified atom stereocenters. The molecule has 0 aromatic rings. The molecule has 0 atom stereocenters. The lowest BCUT2D eigenvalue weighted by molar-refractivity contribution is 0.385. The predicted molar refractivity (Wildman–Crippen MR) is 147 cm³/mol. The number of rotatable bonds is 3. The van der Waals surface area contributed by atoms with Crippen molar-refractivity contribution in [3.8, 4) is 0 Å². The van der Waals surface area contributed by atoms with Gasteiger partial charge >= 0.3 is 0 Å². The van der Waals surface area contributed by atoms with Gasteiger partial charge < -0.3 is 0 Å². The van der Waals surface area contributed by atoms with Crippen LogP contribution >= 0.6 is 0 Å². The quantitative estimate of drug-likeness (QED) is 0.399. The van der Waals surface area contributed by atoms with Crippen LogP contribution in [0, 0.1) is 5.92 Å². The first kappa shape index (κ1) is 43.0. The van der Waals surface area contributed by atoms with Gasteiger partial charge in [-0.3, -0.25) is 0 Å². The van der Waals surface area contributed by atoms with Crippen molar-refractivity contribution in [1.82, 2.24) is 0 Å².